The number of hydrogen-bond acceptors (Lipinski definition) is 5. The molecule has 3 amide bonds. The van der Waals surface area contributed by atoms with Crippen LogP contribution in [-0.2, 0) is 22.6 Å². The number of ether oxygens (including phenoxy) is 2. The zero-order valence-corrected chi connectivity index (χ0v) is 18.6. The lowest BCUT2D eigenvalue weighted by atomic mass is 10.0. The van der Waals surface area contributed by atoms with Crippen LogP contribution in [0.3, 0.4) is 0 Å². The van der Waals surface area contributed by atoms with Gasteiger partial charge < -0.3 is 19.9 Å². The molecule has 2 N–H and O–H groups in total. The van der Waals surface area contributed by atoms with Crippen LogP contribution in [0.5, 0.6) is 11.5 Å². The van der Waals surface area contributed by atoms with Crippen molar-refractivity contribution in [2.75, 3.05) is 13.2 Å². The summed E-state index contributed by atoms with van der Waals surface area (Å²) in [4.78, 5) is 36.0. The Bertz CT molecular complexity index is 1100. The normalized spacial score (nSPS) is 14.4. The first kappa shape index (κ1) is 23.6. The van der Waals surface area contributed by atoms with E-state index in [0.717, 1.165) is 16.7 Å². The quantitative estimate of drug-likeness (QED) is 0.325. The number of benzene rings is 2. The van der Waals surface area contributed by atoms with E-state index in [1.807, 2.05) is 44.2 Å². The van der Waals surface area contributed by atoms with Crippen molar-refractivity contribution in [1.29, 1.82) is 0 Å². The Labute approximate surface area is 192 Å². The molecule has 2 aromatic rings. The molecule has 0 atom stereocenters. The van der Waals surface area contributed by atoms with E-state index in [9.17, 15) is 14.4 Å². The second-order valence-corrected chi connectivity index (χ2v) is 7.48. The van der Waals surface area contributed by atoms with Gasteiger partial charge in [-0.1, -0.05) is 35.9 Å². The first-order chi connectivity index (χ1) is 15.8. The number of aliphatic carboxylic acids is 1. The van der Waals surface area contributed by atoms with Crippen molar-refractivity contribution >= 4 is 24.0 Å². The summed E-state index contributed by atoms with van der Waals surface area (Å²) in [6, 6.07) is 10.8. The predicted octanol–water partition coefficient (Wildman–Crippen LogP) is 3.68. The smallest absolute Gasteiger partial charge is 0.329 e. The number of carboxylic acid groups (broad SMARTS) is 1. The molecule has 0 saturated carbocycles. The van der Waals surface area contributed by atoms with Crippen LogP contribution in [-0.4, -0.2) is 41.1 Å². The lowest BCUT2D eigenvalue weighted by Gasteiger charge is -2.17. The predicted molar refractivity (Wildman–Crippen MR) is 123 cm³/mol. The molecule has 1 heterocycles. The van der Waals surface area contributed by atoms with Crippen LogP contribution < -0.4 is 14.8 Å². The minimum Gasteiger partial charge on any atom is -0.490 e. The van der Waals surface area contributed by atoms with Crippen molar-refractivity contribution < 1.29 is 29.0 Å². The van der Waals surface area contributed by atoms with Gasteiger partial charge in [-0.05, 0) is 49.6 Å². The fourth-order valence-corrected chi connectivity index (χ4v) is 3.36. The van der Waals surface area contributed by atoms with Gasteiger partial charge in [-0.3, -0.25) is 9.59 Å². The minimum atomic E-state index is -1.28. The van der Waals surface area contributed by atoms with E-state index in [4.69, 9.17) is 14.6 Å². The number of allylic oxidation sites excluding steroid dienone is 1. The SMILES string of the molecule is C=CCc1cc(/C=C2/NC(=O)N(CC(=O)O)C2=O)cc(OCC)c1OCc1ccc(C)cc1. The van der Waals surface area contributed by atoms with Crippen LogP contribution in [0.2, 0.25) is 0 Å². The van der Waals surface area contributed by atoms with Crippen LogP contribution >= 0.6 is 0 Å². The van der Waals surface area contributed by atoms with Crippen molar-refractivity contribution in [3.05, 3.63) is 77.0 Å². The average molecular weight is 450 g/mol. The lowest BCUT2D eigenvalue weighted by molar-refractivity contribution is -0.140. The van der Waals surface area contributed by atoms with Gasteiger partial charge >= 0.3 is 12.0 Å². The Morgan fingerprint density at radius 3 is 2.55 bits per heavy atom. The molecular formula is C25H26N2O6. The highest BCUT2D eigenvalue weighted by Gasteiger charge is 2.35. The van der Waals surface area contributed by atoms with Crippen LogP contribution in [0.25, 0.3) is 6.08 Å². The standard InChI is InChI=1S/C25H26N2O6/c1-4-6-19-11-18(12-20-24(30)27(14-22(28)29)25(31)26-20)13-21(32-5-2)23(19)33-15-17-9-7-16(3)8-10-17/h4,7-13H,1,5-6,14-15H2,2-3H3,(H,26,31)(H,28,29)/b20-12+. The summed E-state index contributed by atoms with van der Waals surface area (Å²) in [6.07, 6.45) is 3.71. The van der Waals surface area contributed by atoms with Crippen LogP contribution in [0.1, 0.15) is 29.2 Å². The molecule has 0 bridgehead atoms. The van der Waals surface area contributed by atoms with Gasteiger partial charge in [-0.2, -0.15) is 0 Å². The van der Waals surface area contributed by atoms with Crippen molar-refractivity contribution in [1.82, 2.24) is 10.2 Å². The summed E-state index contributed by atoms with van der Waals surface area (Å²) in [5.41, 5.74) is 3.56. The van der Waals surface area contributed by atoms with Crippen molar-refractivity contribution in [2.45, 2.75) is 26.9 Å². The molecule has 8 heteroatoms. The molecule has 0 aromatic heterocycles. The number of hydrogen-bond donors (Lipinski definition) is 2. The lowest BCUT2D eigenvalue weighted by Crippen LogP contribution is -2.35. The van der Waals surface area contributed by atoms with E-state index in [1.165, 1.54) is 6.08 Å². The van der Waals surface area contributed by atoms with E-state index in [2.05, 4.69) is 11.9 Å². The Hall–Kier alpha value is -4.07. The number of carboxylic acids is 1. The highest BCUT2D eigenvalue weighted by atomic mass is 16.5. The maximum atomic E-state index is 12.5. The number of carbonyl (C=O) groups excluding carboxylic acids is 2. The largest absolute Gasteiger partial charge is 0.490 e. The summed E-state index contributed by atoms with van der Waals surface area (Å²) in [5.74, 6) is -0.907. The Kier molecular flexibility index (Phi) is 7.50. The summed E-state index contributed by atoms with van der Waals surface area (Å²) in [7, 11) is 0. The molecule has 33 heavy (non-hydrogen) atoms. The number of aryl methyl sites for hydroxylation is 1. The van der Waals surface area contributed by atoms with Crippen LogP contribution in [0, 0.1) is 6.92 Å². The monoisotopic (exact) mass is 450 g/mol. The van der Waals surface area contributed by atoms with Gasteiger partial charge in [0, 0.05) is 5.56 Å². The zero-order valence-electron chi connectivity index (χ0n) is 18.6. The number of nitrogens with zero attached hydrogens (tertiary/aromatic N) is 1. The molecule has 2 aromatic carbocycles. The molecule has 1 fully saturated rings. The topological polar surface area (TPSA) is 105 Å². The van der Waals surface area contributed by atoms with Crippen LogP contribution in [0.4, 0.5) is 4.79 Å². The Balaban J connectivity index is 1.93. The number of carbonyl (C=O) groups is 3. The third-order valence-electron chi connectivity index (χ3n) is 4.89. The van der Waals surface area contributed by atoms with Gasteiger partial charge in [-0.15, -0.1) is 6.58 Å². The van der Waals surface area contributed by atoms with E-state index in [1.54, 1.807) is 12.1 Å². The first-order valence-corrected chi connectivity index (χ1v) is 10.5. The molecule has 0 unspecified atom stereocenters. The van der Waals surface area contributed by atoms with Gasteiger partial charge in [0.25, 0.3) is 5.91 Å². The molecule has 1 aliphatic rings. The summed E-state index contributed by atoms with van der Waals surface area (Å²) >= 11 is 0. The molecule has 0 spiro atoms. The molecule has 0 radical (unpaired) electrons. The number of rotatable bonds is 10. The van der Waals surface area contributed by atoms with Gasteiger partial charge in [0.2, 0.25) is 0 Å². The molecule has 8 nitrogen and oxygen atoms in total. The highest BCUT2D eigenvalue weighted by Crippen LogP contribution is 2.35. The number of amides is 3. The highest BCUT2D eigenvalue weighted by molar-refractivity contribution is 6.15. The van der Waals surface area contributed by atoms with Crippen molar-refractivity contribution in [3.63, 3.8) is 0 Å². The van der Waals surface area contributed by atoms with E-state index < -0.39 is 24.5 Å². The van der Waals surface area contributed by atoms with Crippen molar-refractivity contribution in [3.8, 4) is 11.5 Å². The van der Waals surface area contributed by atoms with Gasteiger partial charge in [0.15, 0.2) is 11.5 Å². The summed E-state index contributed by atoms with van der Waals surface area (Å²) < 4.78 is 11.9. The third-order valence-corrected chi connectivity index (χ3v) is 4.89. The Morgan fingerprint density at radius 1 is 1.18 bits per heavy atom. The number of imide groups is 1. The summed E-state index contributed by atoms with van der Waals surface area (Å²) in [6.45, 7) is 7.72. The second-order valence-electron chi connectivity index (χ2n) is 7.48. The molecule has 3 rings (SSSR count). The fourth-order valence-electron chi connectivity index (χ4n) is 3.36. The molecule has 1 saturated heterocycles. The molecular weight excluding hydrogens is 424 g/mol. The zero-order chi connectivity index (χ0) is 24.0. The molecule has 0 aliphatic carbocycles. The van der Waals surface area contributed by atoms with Gasteiger partial charge in [0.1, 0.15) is 18.8 Å². The third kappa shape index (κ3) is 5.79. The maximum Gasteiger partial charge on any atom is 0.329 e. The molecule has 172 valence electrons. The maximum absolute atomic E-state index is 12.5. The van der Waals surface area contributed by atoms with Crippen molar-refractivity contribution in [2.24, 2.45) is 0 Å². The fraction of sp³-hybridized carbons (Fsp3) is 0.240. The number of nitrogens with one attached hydrogen (secondary N) is 1. The molecule has 1 aliphatic heterocycles. The van der Waals surface area contributed by atoms with E-state index in [0.29, 0.717) is 41.6 Å². The minimum absolute atomic E-state index is 0.0124. The second kappa shape index (κ2) is 10.5. The average Bonchev–Trinajstić information content (AvgIpc) is 3.02. The van der Waals surface area contributed by atoms with Gasteiger partial charge in [0.05, 0.1) is 6.61 Å². The Morgan fingerprint density at radius 2 is 1.91 bits per heavy atom. The summed E-state index contributed by atoms with van der Waals surface area (Å²) in [5, 5.41) is 11.3. The van der Waals surface area contributed by atoms with E-state index in [-0.39, 0.29) is 5.70 Å². The van der Waals surface area contributed by atoms with E-state index >= 15 is 0 Å². The first-order valence-electron chi connectivity index (χ1n) is 10.5. The van der Waals surface area contributed by atoms with Crippen LogP contribution in [0.15, 0.2) is 54.8 Å². The van der Waals surface area contributed by atoms with Gasteiger partial charge in [-0.25, -0.2) is 9.69 Å². The number of urea groups is 1.